The molecule has 0 amide bonds. The Balaban J connectivity index is 0.00000144. The van der Waals surface area contributed by atoms with E-state index in [0.29, 0.717) is 12.5 Å². The maximum atomic E-state index is 5.94. The van der Waals surface area contributed by atoms with Crippen molar-refractivity contribution in [2.75, 3.05) is 24.6 Å². The normalized spacial score (nSPS) is 16.8. The maximum Gasteiger partial charge on any atom is 0.191 e. The quantitative estimate of drug-likeness (QED) is 0.480. The molecule has 0 unspecified atom stereocenters. The van der Waals surface area contributed by atoms with E-state index in [2.05, 4.69) is 14.9 Å². The van der Waals surface area contributed by atoms with Crippen LogP contribution in [0.4, 0.5) is 0 Å². The molecule has 0 radical (unpaired) electrons. The van der Waals surface area contributed by atoms with Crippen LogP contribution in [0.3, 0.4) is 0 Å². The van der Waals surface area contributed by atoms with Gasteiger partial charge in [-0.25, -0.2) is 9.98 Å². The van der Waals surface area contributed by atoms with E-state index in [1.165, 1.54) is 0 Å². The molecule has 7 heteroatoms. The molecule has 1 aliphatic heterocycles. The fourth-order valence-electron chi connectivity index (χ4n) is 1.59. The van der Waals surface area contributed by atoms with E-state index in [0.717, 1.165) is 30.4 Å². The van der Waals surface area contributed by atoms with Crippen LogP contribution >= 0.6 is 35.7 Å². The van der Waals surface area contributed by atoms with Crippen molar-refractivity contribution in [2.45, 2.75) is 6.54 Å². The lowest BCUT2D eigenvalue weighted by Crippen LogP contribution is -2.42. The Kier molecular flexibility index (Phi) is 6.10. The van der Waals surface area contributed by atoms with E-state index in [9.17, 15) is 0 Å². The number of aromatic nitrogens is 2. The number of aryl methyl sites for hydroxylation is 1. The Morgan fingerprint density at radius 2 is 2.24 bits per heavy atom. The molecule has 2 N–H and O–H groups in total. The molecule has 1 aromatic heterocycles. The third-order valence-electron chi connectivity index (χ3n) is 2.64. The molecule has 1 saturated heterocycles. The highest BCUT2D eigenvalue weighted by Gasteiger charge is 2.12. The molecule has 0 aliphatic carbocycles. The van der Waals surface area contributed by atoms with Gasteiger partial charge in [-0.3, -0.25) is 0 Å². The van der Waals surface area contributed by atoms with Gasteiger partial charge in [0.15, 0.2) is 5.96 Å². The number of halogens is 1. The summed E-state index contributed by atoms with van der Waals surface area (Å²) in [6.07, 6.45) is 3.69. The molecule has 5 nitrogen and oxygen atoms in total. The summed E-state index contributed by atoms with van der Waals surface area (Å²) in [4.78, 5) is 10.7. The average Bonchev–Trinajstić information content (AvgIpc) is 2.73. The van der Waals surface area contributed by atoms with Crippen LogP contribution in [0.5, 0.6) is 0 Å². The summed E-state index contributed by atoms with van der Waals surface area (Å²) in [7, 11) is 1.96. The van der Waals surface area contributed by atoms with Crippen LogP contribution < -0.4 is 5.73 Å². The number of thioether (sulfide) groups is 1. The van der Waals surface area contributed by atoms with Crippen molar-refractivity contribution in [1.82, 2.24) is 14.5 Å². The van der Waals surface area contributed by atoms with Crippen molar-refractivity contribution in [1.29, 1.82) is 0 Å². The number of hydrogen-bond acceptors (Lipinski definition) is 3. The van der Waals surface area contributed by atoms with Crippen LogP contribution in [-0.2, 0) is 13.6 Å². The Labute approximate surface area is 123 Å². The molecule has 1 fully saturated rings. The summed E-state index contributed by atoms with van der Waals surface area (Å²) in [5.41, 5.74) is 5.94. The van der Waals surface area contributed by atoms with E-state index in [1.807, 2.05) is 29.6 Å². The fraction of sp³-hybridized carbons (Fsp3) is 0.600. The van der Waals surface area contributed by atoms with Gasteiger partial charge in [0.25, 0.3) is 0 Å². The van der Waals surface area contributed by atoms with Crippen LogP contribution in [0.25, 0.3) is 0 Å². The maximum absolute atomic E-state index is 5.94. The van der Waals surface area contributed by atoms with Crippen LogP contribution in [0.15, 0.2) is 17.4 Å². The van der Waals surface area contributed by atoms with Crippen molar-refractivity contribution in [3.8, 4) is 0 Å². The minimum Gasteiger partial charge on any atom is -0.370 e. The van der Waals surface area contributed by atoms with E-state index in [4.69, 9.17) is 5.73 Å². The number of guanidine groups is 1. The molecule has 0 aromatic carbocycles. The molecular formula is C10H18IN5S. The third-order valence-corrected chi connectivity index (χ3v) is 3.58. The Bertz CT molecular complexity index is 373. The number of imidazole rings is 1. The highest BCUT2D eigenvalue weighted by Crippen LogP contribution is 2.08. The van der Waals surface area contributed by atoms with E-state index >= 15 is 0 Å². The third kappa shape index (κ3) is 4.06. The Morgan fingerprint density at radius 1 is 1.53 bits per heavy atom. The molecule has 2 rings (SSSR count). The number of nitrogens with zero attached hydrogens (tertiary/aromatic N) is 4. The second kappa shape index (κ2) is 7.10. The molecule has 1 aromatic rings. The zero-order valence-corrected chi connectivity index (χ0v) is 13.0. The van der Waals surface area contributed by atoms with E-state index in [-0.39, 0.29) is 24.0 Å². The summed E-state index contributed by atoms with van der Waals surface area (Å²) in [5, 5.41) is 0. The molecule has 96 valence electrons. The summed E-state index contributed by atoms with van der Waals surface area (Å²) in [6.45, 7) is 2.56. The highest BCUT2D eigenvalue weighted by molar-refractivity contribution is 14.0. The standard InChI is InChI=1S/C10H17N5S.HI/c1-14-3-2-12-9(14)8-13-10(11)15-4-6-16-7-5-15;/h2-3H,4-8H2,1H3,(H2,11,13);1H. The lowest BCUT2D eigenvalue weighted by atomic mass is 10.5. The molecule has 0 bridgehead atoms. The van der Waals surface area contributed by atoms with Crippen molar-refractivity contribution in [3.63, 3.8) is 0 Å². The first-order valence-electron chi connectivity index (χ1n) is 5.36. The van der Waals surface area contributed by atoms with Gasteiger partial charge in [0, 0.05) is 44.0 Å². The number of nitrogens with two attached hydrogens (primary N) is 1. The van der Waals surface area contributed by atoms with Gasteiger partial charge in [0.1, 0.15) is 12.4 Å². The van der Waals surface area contributed by atoms with Crippen molar-refractivity contribution in [2.24, 2.45) is 17.8 Å². The Morgan fingerprint density at radius 3 is 2.82 bits per heavy atom. The molecule has 0 atom stereocenters. The monoisotopic (exact) mass is 367 g/mol. The van der Waals surface area contributed by atoms with Crippen molar-refractivity contribution >= 4 is 41.7 Å². The number of hydrogen-bond donors (Lipinski definition) is 1. The molecule has 0 spiro atoms. The van der Waals surface area contributed by atoms with E-state index < -0.39 is 0 Å². The highest BCUT2D eigenvalue weighted by atomic mass is 127. The molecule has 0 saturated carbocycles. The average molecular weight is 367 g/mol. The number of aliphatic imine (C=N–C) groups is 1. The van der Waals surface area contributed by atoms with Crippen LogP contribution in [-0.4, -0.2) is 45.0 Å². The minimum absolute atomic E-state index is 0. The van der Waals surface area contributed by atoms with Crippen molar-refractivity contribution < 1.29 is 0 Å². The lowest BCUT2D eigenvalue weighted by Gasteiger charge is -2.27. The first kappa shape index (κ1) is 14.6. The summed E-state index contributed by atoms with van der Waals surface area (Å²) < 4.78 is 1.96. The predicted molar refractivity (Wildman–Crippen MR) is 82.8 cm³/mol. The SMILES string of the molecule is Cn1ccnc1CN=C(N)N1CCSCC1.I. The summed E-state index contributed by atoms with van der Waals surface area (Å²) in [6, 6.07) is 0. The van der Waals surface area contributed by atoms with Crippen molar-refractivity contribution in [3.05, 3.63) is 18.2 Å². The van der Waals surface area contributed by atoms with Gasteiger partial charge in [-0.1, -0.05) is 0 Å². The molecule has 1 aliphatic rings. The van der Waals surface area contributed by atoms with Gasteiger partial charge in [-0.2, -0.15) is 11.8 Å². The van der Waals surface area contributed by atoms with Crippen LogP contribution in [0.2, 0.25) is 0 Å². The first-order chi connectivity index (χ1) is 7.77. The van der Waals surface area contributed by atoms with Gasteiger partial charge in [0.2, 0.25) is 0 Å². The summed E-state index contributed by atoms with van der Waals surface area (Å²) in [5.74, 6) is 3.86. The van der Waals surface area contributed by atoms with E-state index in [1.54, 1.807) is 6.20 Å². The van der Waals surface area contributed by atoms with Gasteiger partial charge in [0.05, 0.1) is 0 Å². The molecular weight excluding hydrogens is 349 g/mol. The Hall–Kier alpha value is -0.440. The van der Waals surface area contributed by atoms with Crippen LogP contribution in [0, 0.1) is 0 Å². The molecule has 2 heterocycles. The van der Waals surface area contributed by atoms with Crippen LogP contribution in [0.1, 0.15) is 5.82 Å². The summed E-state index contributed by atoms with van der Waals surface area (Å²) >= 11 is 1.97. The fourth-order valence-corrected chi connectivity index (χ4v) is 2.50. The minimum atomic E-state index is 0. The van der Waals surface area contributed by atoms with Gasteiger partial charge < -0.3 is 15.2 Å². The smallest absolute Gasteiger partial charge is 0.191 e. The second-order valence-corrected chi connectivity index (χ2v) is 4.95. The zero-order valence-electron chi connectivity index (χ0n) is 9.87. The van der Waals surface area contributed by atoms with Gasteiger partial charge >= 0.3 is 0 Å². The molecule has 17 heavy (non-hydrogen) atoms. The lowest BCUT2D eigenvalue weighted by molar-refractivity contribution is 0.455. The predicted octanol–water partition coefficient (Wildman–Crippen LogP) is 0.902. The number of rotatable bonds is 2. The first-order valence-corrected chi connectivity index (χ1v) is 6.51. The van der Waals surface area contributed by atoms with Gasteiger partial charge in [-0.15, -0.1) is 24.0 Å². The largest absolute Gasteiger partial charge is 0.370 e. The topological polar surface area (TPSA) is 59.4 Å². The zero-order chi connectivity index (χ0) is 11.4. The second-order valence-electron chi connectivity index (χ2n) is 3.73. The van der Waals surface area contributed by atoms with Gasteiger partial charge in [-0.05, 0) is 0 Å².